The number of pyridine rings is 1. The van der Waals surface area contributed by atoms with E-state index >= 15 is 0 Å². The molecule has 0 atom stereocenters. The number of hydrogen-bond acceptors (Lipinski definition) is 6. The van der Waals surface area contributed by atoms with Crippen LogP contribution >= 0.6 is 0 Å². The summed E-state index contributed by atoms with van der Waals surface area (Å²) in [6.07, 6.45) is 3.99. The second-order valence-electron chi connectivity index (χ2n) is 8.16. The monoisotopic (exact) mass is 434 g/mol. The van der Waals surface area contributed by atoms with Gasteiger partial charge in [0.25, 0.3) is 11.8 Å². The van der Waals surface area contributed by atoms with E-state index in [9.17, 15) is 19.5 Å². The molecule has 0 aliphatic carbocycles. The highest BCUT2D eigenvalue weighted by Gasteiger charge is 2.54. The Kier molecular flexibility index (Phi) is 4.76. The first-order chi connectivity index (χ1) is 15.5. The maximum absolute atomic E-state index is 13.4. The Bertz CT molecular complexity index is 1190. The maximum atomic E-state index is 13.4. The molecule has 2 fully saturated rings. The molecule has 1 spiro atoms. The van der Waals surface area contributed by atoms with Gasteiger partial charge >= 0.3 is 5.97 Å². The minimum atomic E-state index is -1.04. The number of anilines is 1. The molecule has 1 aromatic carbocycles. The smallest absolute Gasteiger partial charge is 0.323 e. The van der Waals surface area contributed by atoms with Crippen LogP contribution in [-0.4, -0.2) is 79.7 Å². The maximum Gasteiger partial charge on any atom is 0.323 e. The zero-order valence-electron chi connectivity index (χ0n) is 17.3. The first-order valence-electron chi connectivity index (χ1n) is 10.4. The van der Waals surface area contributed by atoms with Crippen LogP contribution in [0, 0.1) is 0 Å². The molecule has 32 heavy (non-hydrogen) atoms. The van der Waals surface area contributed by atoms with E-state index in [1.54, 1.807) is 17.2 Å². The van der Waals surface area contributed by atoms with Gasteiger partial charge in [0.05, 0.1) is 18.4 Å². The summed E-state index contributed by atoms with van der Waals surface area (Å²) in [5.74, 6) is -1.38. The Balaban J connectivity index is 1.39. The van der Waals surface area contributed by atoms with Crippen molar-refractivity contribution in [3.63, 3.8) is 0 Å². The summed E-state index contributed by atoms with van der Waals surface area (Å²) in [7, 11) is 0. The quantitative estimate of drug-likeness (QED) is 0.635. The molecule has 2 aliphatic heterocycles. The summed E-state index contributed by atoms with van der Waals surface area (Å²) < 4.78 is 0. The number of aromatic nitrogens is 3. The van der Waals surface area contributed by atoms with Crippen LogP contribution in [0.3, 0.4) is 0 Å². The van der Waals surface area contributed by atoms with Crippen LogP contribution in [0.15, 0.2) is 48.8 Å². The van der Waals surface area contributed by atoms with E-state index in [1.165, 1.54) is 11.1 Å². The minimum absolute atomic E-state index is 0.144. The van der Waals surface area contributed by atoms with E-state index in [0.29, 0.717) is 37.1 Å². The van der Waals surface area contributed by atoms with Gasteiger partial charge in [0.15, 0.2) is 5.65 Å². The molecule has 0 saturated carbocycles. The third-order valence-corrected chi connectivity index (χ3v) is 6.32. The second-order valence-corrected chi connectivity index (χ2v) is 8.16. The molecule has 0 bridgehead atoms. The first-order valence-corrected chi connectivity index (χ1v) is 10.4. The fourth-order valence-electron chi connectivity index (χ4n) is 4.70. The highest BCUT2D eigenvalue weighted by Crippen LogP contribution is 2.39. The normalized spacial score (nSPS) is 18.0. The summed E-state index contributed by atoms with van der Waals surface area (Å²) in [5, 5.41) is 16.7. The summed E-state index contributed by atoms with van der Waals surface area (Å²) in [5.41, 5.74) is 1.09. The van der Waals surface area contributed by atoms with Gasteiger partial charge in [0.2, 0.25) is 0 Å². The van der Waals surface area contributed by atoms with Crippen molar-refractivity contribution >= 4 is 34.5 Å². The van der Waals surface area contributed by atoms with Gasteiger partial charge < -0.3 is 19.8 Å². The molecule has 2 aliphatic rings. The summed E-state index contributed by atoms with van der Waals surface area (Å²) in [4.78, 5) is 47.1. The summed E-state index contributed by atoms with van der Waals surface area (Å²) >= 11 is 0. The fraction of sp³-hybridized carbons (Fsp3) is 0.318. The number of benzene rings is 1. The number of amides is 2. The zero-order valence-corrected chi connectivity index (χ0v) is 17.3. The summed E-state index contributed by atoms with van der Waals surface area (Å²) in [6.45, 7) is 0.642. The van der Waals surface area contributed by atoms with Crippen molar-refractivity contribution in [3.05, 3.63) is 54.4 Å². The van der Waals surface area contributed by atoms with Crippen molar-refractivity contribution in [1.82, 2.24) is 25.0 Å². The third-order valence-electron chi connectivity index (χ3n) is 6.32. The molecule has 10 nitrogen and oxygen atoms in total. The number of carbonyl (C=O) groups excluding carboxylic acids is 2. The van der Waals surface area contributed by atoms with Crippen molar-refractivity contribution in [2.75, 3.05) is 31.2 Å². The standard InChI is InChI=1S/C22H22N6O4/c29-18(30)13-27-14-28(17-4-2-1-3-5-17)22(21(27)32)6-8-26(9-7-22)20(31)16-10-15-12-24-25-19(15)23-11-16/h1-5,10-12H,6-9,13-14H2,(H,29,30)(H,23,24,25). The molecule has 4 heterocycles. The van der Waals surface area contributed by atoms with Gasteiger partial charge in [-0.25, -0.2) is 4.98 Å². The predicted molar refractivity (Wildman–Crippen MR) is 115 cm³/mol. The highest BCUT2D eigenvalue weighted by atomic mass is 16.4. The van der Waals surface area contributed by atoms with E-state index < -0.39 is 11.5 Å². The number of H-pyrrole nitrogens is 1. The number of piperidine rings is 1. The van der Waals surface area contributed by atoms with Gasteiger partial charge in [-0.05, 0) is 31.0 Å². The van der Waals surface area contributed by atoms with Crippen molar-refractivity contribution < 1.29 is 19.5 Å². The molecule has 2 aromatic heterocycles. The first kappa shape index (κ1) is 20.0. The Morgan fingerprint density at radius 3 is 2.59 bits per heavy atom. The van der Waals surface area contributed by atoms with Crippen molar-refractivity contribution in [3.8, 4) is 0 Å². The van der Waals surface area contributed by atoms with E-state index in [2.05, 4.69) is 15.2 Å². The SMILES string of the molecule is O=C(O)CN1CN(c2ccccc2)C2(CCN(C(=O)c3cnc4[nH]ncc4c3)CC2)C1=O. The number of carboxylic acid groups (broad SMARTS) is 1. The number of carboxylic acids is 1. The van der Waals surface area contributed by atoms with Gasteiger partial charge in [-0.1, -0.05) is 18.2 Å². The van der Waals surface area contributed by atoms with Crippen molar-refractivity contribution in [2.24, 2.45) is 0 Å². The van der Waals surface area contributed by atoms with Crippen molar-refractivity contribution in [2.45, 2.75) is 18.4 Å². The number of aliphatic carboxylic acids is 1. The van der Waals surface area contributed by atoms with E-state index in [-0.39, 0.29) is 25.0 Å². The average molecular weight is 434 g/mol. The molecular formula is C22H22N6O4. The second kappa shape index (κ2) is 7.63. The molecule has 2 saturated heterocycles. The lowest BCUT2D eigenvalue weighted by Gasteiger charge is -2.43. The molecule has 10 heteroatoms. The van der Waals surface area contributed by atoms with Crippen LogP contribution in [0.2, 0.25) is 0 Å². The number of nitrogens with one attached hydrogen (secondary N) is 1. The molecule has 5 rings (SSSR count). The Morgan fingerprint density at radius 1 is 1.12 bits per heavy atom. The van der Waals surface area contributed by atoms with E-state index in [4.69, 9.17) is 0 Å². The van der Waals surface area contributed by atoms with Crippen LogP contribution < -0.4 is 4.90 Å². The molecule has 0 radical (unpaired) electrons. The number of aromatic amines is 1. The van der Waals surface area contributed by atoms with Crippen LogP contribution in [0.4, 0.5) is 5.69 Å². The number of carbonyl (C=O) groups is 3. The van der Waals surface area contributed by atoms with E-state index in [0.717, 1.165) is 11.1 Å². The number of rotatable bonds is 4. The minimum Gasteiger partial charge on any atom is -0.480 e. The third kappa shape index (κ3) is 3.24. The largest absolute Gasteiger partial charge is 0.480 e. The topological polar surface area (TPSA) is 123 Å². The van der Waals surface area contributed by atoms with Crippen LogP contribution in [0.1, 0.15) is 23.2 Å². The lowest BCUT2D eigenvalue weighted by atomic mass is 9.85. The summed E-state index contributed by atoms with van der Waals surface area (Å²) in [6, 6.07) is 11.3. The number of hydrogen-bond donors (Lipinski definition) is 2. The molecule has 0 unspecified atom stereocenters. The van der Waals surface area contributed by atoms with Gasteiger partial charge in [-0.15, -0.1) is 0 Å². The zero-order chi connectivity index (χ0) is 22.3. The molecule has 3 aromatic rings. The molecule has 2 amide bonds. The van der Waals surface area contributed by atoms with Crippen LogP contribution in [-0.2, 0) is 9.59 Å². The number of fused-ring (bicyclic) bond motifs is 1. The van der Waals surface area contributed by atoms with Gasteiger partial charge in [0, 0.05) is 30.4 Å². The Morgan fingerprint density at radius 2 is 1.88 bits per heavy atom. The average Bonchev–Trinajstić information content (AvgIpc) is 3.38. The van der Waals surface area contributed by atoms with Crippen LogP contribution in [0.25, 0.3) is 11.0 Å². The number of para-hydroxylation sites is 1. The fourth-order valence-corrected chi connectivity index (χ4v) is 4.70. The molecule has 2 N–H and O–H groups in total. The van der Waals surface area contributed by atoms with Gasteiger partial charge in [0.1, 0.15) is 12.1 Å². The Labute approximate surface area is 183 Å². The molecule has 164 valence electrons. The van der Waals surface area contributed by atoms with Gasteiger partial charge in [-0.2, -0.15) is 5.10 Å². The Hall–Kier alpha value is -3.95. The van der Waals surface area contributed by atoms with Gasteiger partial charge in [-0.3, -0.25) is 19.5 Å². The molecular weight excluding hydrogens is 412 g/mol. The number of nitrogens with zero attached hydrogens (tertiary/aromatic N) is 5. The number of likely N-dealkylation sites (tertiary alicyclic amines) is 1. The lowest BCUT2D eigenvalue weighted by molar-refractivity contribution is -0.144. The van der Waals surface area contributed by atoms with E-state index in [1.807, 2.05) is 35.2 Å². The van der Waals surface area contributed by atoms with Crippen molar-refractivity contribution in [1.29, 1.82) is 0 Å². The highest BCUT2D eigenvalue weighted by molar-refractivity contribution is 5.98. The predicted octanol–water partition coefficient (Wildman–Crippen LogP) is 1.32. The van der Waals surface area contributed by atoms with Crippen LogP contribution in [0.5, 0.6) is 0 Å². The lowest BCUT2D eigenvalue weighted by Crippen LogP contribution is -2.57.